The maximum atomic E-state index is 12.6. The van der Waals surface area contributed by atoms with Gasteiger partial charge in [-0.15, -0.1) is 11.3 Å². The van der Waals surface area contributed by atoms with Crippen LogP contribution in [0.1, 0.15) is 57.2 Å². The molecule has 5 heteroatoms. The van der Waals surface area contributed by atoms with E-state index in [-0.39, 0.29) is 11.3 Å². The third kappa shape index (κ3) is 3.35. The second kappa shape index (κ2) is 5.93. The minimum atomic E-state index is 0.0616. The monoisotopic (exact) mass is 321 g/mol. The van der Waals surface area contributed by atoms with Crippen molar-refractivity contribution in [1.29, 1.82) is 0 Å². The molecule has 0 aliphatic carbocycles. The highest BCUT2D eigenvalue weighted by Gasteiger charge is 2.36. The highest BCUT2D eigenvalue weighted by atomic mass is 32.1. The zero-order chi connectivity index (χ0) is 15.9. The maximum Gasteiger partial charge on any atom is 0.228 e. The summed E-state index contributed by atoms with van der Waals surface area (Å²) < 4.78 is 0. The molecule has 3 heterocycles. The van der Waals surface area contributed by atoms with Crippen LogP contribution in [0.25, 0.3) is 0 Å². The van der Waals surface area contributed by atoms with Crippen LogP contribution in [-0.4, -0.2) is 41.0 Å². The predicted octanol–water partition coefficient (Wildman–Crippen LogP) is 2.72. The minimum absolute atomic E-state index is 0.0616. The first-order valence-corrected chi connectivity index (χ1v) is 9.17. The first kappa shape index (κ1) is 15.9. The molecule has 1 aromatic heterocycles. The molecule has 2 unspecified atom stereocenters. The van der Waals surface area contributed by atoms with Gasteiger partial charge in [-0.05, 0) is 25.7 Å². The summed E-state index contributed by atoms with van der Waals surface area (Å²) in [6.45, 7) is 6.48. The molecule has 1 aromatic rings. The normalized spacial score (nSPS) is 27.9. The van der Waals surface area contributed by atoms with Crippen LogP contribution in [-0.2, 0) is 16.6 Å². The van der Waals surface area contributed by atoms with E-state index < -0.39 is 0 Å². The van der Waals surface area contributed by atoms with Crippen molar-refractivity contribution in [1.82, 2.24) is 15.2 Å². The van der Waals surface area contributed by atoms with Gasteiger partial charge in [0.15, 0.2) is 0 Å². The smallest absolute Gasteiger partial charge is 0.228 e. The molecule has 2 atom stereocenters. The molecule has 0 radical (unpaired) electrons. The number of fused-ring (bicyclic) bond motifs is 2. The van der Waals surface area contributed by atoms with Gasteiger partial charge in [0.05, 0.1) is 17.1 Å². The van der Waals surface area contributed by atoms with Crippen molar-refractivity contribution in [3.8, 4) is 0 Å². The Morgan fingerprint density at radius 2 is 2.00 bits per heavy atom. The molecule has 2 fully saturated rings. The number of amides is 1. The molecular weight excluding hydrogens is 294 g/mol. The molecule has 122 valence electrons. The van der Waals surface area contributed by atoms with Gasteiger partial charge in [0.2, 0.25) is 5.91 Å². The Morgan fingerprint density at radius 3 is 2.55 bits per heavy atom. The molecule has 2 bridgehead atoms. The predicted molar refractivity (Wildman–Crippen MR) is 90.3 cm³/mol. The van der Waals surface area contributed by atoms with Crippen molar-refractivity contribution < 1.29 is 4.79 Å². The third-order valence-corrected chi connectivity index (χ3v) is 6.23. The van der Waals surface area contributed by atoms with E-state index in [2.05, 4.69) is 31.1 Å². The Labute approximate surface area is 137 Å². The number of aromatic nitrogens is 1. The lowest BCUT2D eigenvalue weighted by Gasteiger charge is -2.35. The number of thiazole rings is 1. The van der Waals surface area contributed by atoms with Gasteiger partial charge in [-0.2, -0.15) is 0 Å². The summed E-state index contributed by atoms with van der Waals surface area (Å²) in [6, 6.07) is 1.63. The highest BCUT2D eigenvalue weighted by molar-refractivity contribution is 7.09. The Hall–Kier alpha value is -0.940. The SMILES string of the molecule is CN(C(=O)Cc1csc(C(C)(C)C)n1)C1CC2CCC(C1)N2. The van der Waals surface area contributed by atoms with Gasteiger partial charge in [-0.3, -0.25) is 4.79 Å². The molecule has 22 heavy (non-hydrogen) atoms. The van der Waals surface area contributed by atoms with E-state index in [0.717, 1.165) is 23.5 Å². The second-order valence-electron chi connectivity index (χ2n) is 7.84. The van der Waals surface area contributed by atoms with E-state index in [1.165, 1.54) is 12.8 Å². The Morgan fingerprint density at radius 1 is 1.36 bits per heavy atom. The van der Waals surface area contributed by atoms with Crippen molar-refractivity contribution in [3.05, 3.63) is 16.1 Å². The molecule has 3 rings (SSSR count). The first-order valence-electron chi connectivity index (χ1n) is 8.29. The number of carbonyl (C=O) groups is 1. The number of piperidine rings is 1. The van der Waals surface area contributed by atoms with Gasteiger partial charge in [-0.25, -0.2) is 4.98 Å². The molecule has 1 N–H and O–H groups in total. The van der Waals surface area contributed by atoms with Gasteiger partial charge in [-0.1, -0.05) is 20.8 Å². The molecule has 0 saturated carbocycles. The molecule has 0 spiro atoms. The van der Waals surface area contributed by atoms with E-state index in [1.54, 1.807) is 11.3 Å². The molecule has 0 aromatic carbocycles. The summed E-state index contributed by atoms with van der Waals surface area (Å²) in [6.07, 6.45) is 5.17. The summed E-state index contributed by atoms with van der Waals surface area (Å²) >= 11 is 1.66. The van der Waals surface area contributed by atoms with Crippen molar-refractivity contribution in [2.45, 2.75) is 76.4 Å². The number of nitrogens with one attached hydrogen (secondary N) is 1. The minimum Gasteiger partial charge on any atom is -0.342 e. The van der Waals surface area contributed by atoms with Crippen LogP contribution in [0, 0.1) is 0 Å². The second-order valence-corrected chi connectivity index (χ2v) is 8.70. The van der Waals surface area contributed by atoms with E-state index in [1.807, 2.05) is 17.3 Å². The fourth-order valence-corrected chi connectivity index (χ4v) is 4.47. The molecule has 2 aliphatic heterocycles. The number of carbonyl (C=O) groups excluding carboxylic acids is 1. The van der Waals surface area contributed by atoms with E-state index in [4.69, 9.17) is 0 Å². The summed E-state index contributed by atoms with van der Waals surface area (Å²) in [5.74, 6) is 0.206. The van der Waals surface area contributed by atoms with Crippen LogP contribution < -0.4 is 5.32 Å². The van der Waals surface area contributed by atoms with Crippen molar-refractivity contribution in [3.63, 3.8) is 0 Å². The average Bonchev–Trinajstić information content (AvgIpc) is 3.04. The molecule has 2 saturated heterocycles. The largest absolute Gasteiger partial charge is 0.342 e. The molecular formula is C17H27N3OS. The van der Waals surface area contributed by atoms with Crippen LogP contribution in [0.5, 0.6) is 0 Å². The van der Waals surface area contributed by atoms with E-state index in [9.17, 15) is 4.79 Å². The van der Waals surface area contributed by atoms with E-state index in [0.29, 0.717) is 24.5 Å². The Kier molecular flexibility index (Phi) is 4.29. The zero-order valence-electron chi connectivity index (χ0n) is 14.1. The fraction of sp³-hybridized carbons (Fsp3) is 0.765. The van der Waals surface area contributed by atoms with Crippen LogP contribution in [0.2, 0.25) is 0 Å². The summed E-state index contributed by atoms with van der Waals surface area (Å²) in [5.41, 5.74) is 0.982. The zero-order valence-corrected chi connectivity index (χ0v) is 14.9. The van der Waals surface area contributed by atoms with Crippen molar-refractivity contribution >= 4 is 17.2 Å². The summed E-state index contributed by atoms with van der Waals surface area (Å²) in [7, 11) is 1.97. The van der Waals surface area contributed by atoms with Gasteiger partial charge < -0.3 is 10.2 Å². The summed E-state index contributed by atoms with van der Waals surface area (Å²) in [5, 5.41) is 6.78. The lowest BCUT2D eigenvalue weighted by Crippen LogP contribution is -2.49. The number of hydrogen-bond donors (Lipinski definition) is 1. The van der Waals surface area contributed by atoms with Crippen LogP contribution >= 0.6 is 11.3 Å². The van der Waals surface area contributed by atoms with Gasteiger partial charge >= 0.3 is 0 Å². The Bertz CT molecular complexity index is 536. The van der Waals surface area contributed by atoms with E-state index >= 15 is 0 Å². The van der Waals surface area contributed by atoms with Crippen molar-refractivity contribution in [2.75, 3.05) is 7.05 Å². The highest BCUT2D eigenvalue weighted by Crippen LogP contribution is 2.30. The topological polar surface area (TPSA) is 45.2 Å². The van der Waals surface area contributed by atoms with Crippen LogP contribution in [0.4, 0.5) is 0 Å². The van der Waals surface area contributed by atoms with Gasteiger partial charge in [0, 0.05) is 36.0 Å². The lowest BCUT2D eigenvalue weighted by molar-refractivity contribution is -0.132. The van der Waals surface area contributed by atoms with Crippen LogP contribution in [0.15, 0.2) is 5.38 Å². The van der Waals surface area contributed by atoms with Gasteiger partial charge in [0.25, 0.3) is 0 Å². The first-order chi connectivity index (χ1) is 10.3. The quantitative estimate of drug-likeness (QED) is 0.931. The Balaban J connectivity index is 1.60. The third-order valence-electron chi connectivity index (χ3n) is 4.91. The number of likely N-dealkylation sites (N-methyl/N-ethyl adjacent to an activating group) is 1. The van der Waals surface area contributed by atoms with Crippen molar-refractivity contribution in [2.24, 2.45) is 0 Å². The van der Waals surface area contributed by atoms with Gasteiger partial charge in [0.1, 0.15) is 0 Å². The average molecular weight is 321 g/mol. The fourth-order valence-electron chi connectivity index (χ4n) is 3.56. The lowest BCUT2D eigenvalue weighted by atomic mass is 9.98. The molecule has 2 aliphatic rings. The maximum absolute atomic E-state index is 12.6. The number of rotatable bonds is 3. The molecule has 1 amide bonds. The van der Waals surface area contributed by atoms with Crippen LogP contribution in [0.3, 0.4) is 0 Å². The number of hydrogen-bond acceptors (Lipinski definition) is 4. The standard InChI is InChI=1S/C17H27N3OS/c1-17(2,3)16-19-13(10-22-16)9-15(21)20(4)14-7-11-5-6-12(8-14)18-11/h10-12,14,18H,5-9H2,1-4H3. The number of nitrogens with zero attached hydrogens (tertiary/aromatic N) is 2. The molecule has 4 nitrogen and oxygen atoms in total. The summed E-state index contributed by atoms with van der Waals surface area (Å²) in [4.78, 5) is 19.2.